The van der Waals surface area contributed by atoms with Crippen molar-refractivity contribution in [3.05, 3.63) is 28.8 Å². The van der Waals surface area contributed by atoms with Crippen LogP contribution < -0.4 is 0 Å². The Hall–Kier alpha value is -0.780. The number of carbonyl (C=O) groups excluding carboxylic acids is 1. The summed E-state index contributed by atoms with van der Waals surface area (Å²) < 4.78 is 22.9. The van der Waals surface area contributed by atoms with Crippen molar-refractivity contribution in [1.82, 2.24) is 4.90 Å². The van der Waals surface area contributed by atoms with Gasteiger partial charge < -0.3 is 4.90 Å². The van der Waals surface area contributed by atoms with Crippen LogP contribution in [0.3, 0.4) is 0 Å². The zero-order valence-corrected chi connectivity index (χ0v) is 14.0. The van der Waals surface area contributed by atoms with E-state index in [1.54, 1.807) is 0 Å². The second-order valence-corrected chi connectivity index (χ2v) is 8.11. The number of unbranched alkanes of at least 4 members (excludes halogenated alkanes) is 1. The summed E-state index contributed by atoms with van der Waals surface area (Å²) in [5, 5.41) is 0.0214. The molecule has 0 spiro atoms. The van der Waals surface area contributed by atoms with Gasteiger partial charge in [-0.1, -0.05) is 24.9 Å². The van der Waals surface area contributed by atoms with E-state index in [-0.39, 0.29) is 21.9 Å². The predicted molar refractivity (Wildman–Crippen MR) is 83.5 cm³/mol. The monoisotopic (exact) mass is 349 g/mol. The van der Waals surface area contributed by atoms with Gasteiger partial charge in [-0.25, -0.2) is 8.42 Å². The number of hydrogen-bond donors (Lipinski definition) is 0. The van der Waals surface area contributed by atoms with Crippen molar-refractivity contribution in [1.29, 1.82) is 0 Å². The lowest BCUT2D eigenvalue weighted by molar-refractivity contribution is 0.0740. The molecule has 2 rings (SSSR count). The zero-order valence-electron chi connectivity index (χ0n) is 11.7. The number of carbonyl (C=O) groups is 1. The Labute approximate surface area is 134 Å². The molecule has 1 aromatic carbocycles. The number of rotatable bonds is 6. The van der Waals surface area contributed by atoms with Crippen molar-refractivity contribution in [3.63, 3.8) is 0 Å². The van der Waals surface area contributed by atoms with Crippen molar-refractivity contribution >= 4 is 37.2 Å². The Morgan fingerprint density at radius 1 is 1.38 bits per heavy atom. The first-order valence-electron chi connectivity index (χ1n) is 6.89. The van der Waals surface area contributed by atoms with Crippen LogP contribution in [-0.4, -0.2) is 31.8 Å². The van der Waals surface area contributed by atoms with E-state index in [9.17, 15) is 13.2 Å². The van der Waals surface area contributed by atoms with Gasteiger partial charge in [-0.2, -0.15) is 0 Å². The van der Waals surface area contributed by atoms with E-state index >= 15 is 0 Å². The van der Waals surface area contributed by atoms with Gasteiger partial charge in [0.05, 0.1) is 5.02 Å². The number of nitrogens with zero attached hydrogens (tertiary/aromatic N) is 1. The molecule has 0 unspecified atom stereocenters. The molecular weight excluding hydrogens is 333 g/mol. The highest BCUT2D eigenvalue weighted by atomic mass is 35.7. The fourth-order valence-electron chi connectivity index (χ4n) is 2.15. The minimum absolute atomic E-state index is 0.0214. The van der Waals surface area contributed by atoms with Crippen LogP contribution in [0.2, 0.25) is 5.02 Å². The van der Waals surface area contributed by atoms with Gasteiger partial charge in [-0.15, -0.1) is 0 Å². The summed E-state index contributed by atoms with van der Waals surface area (Å²) in [4.78, 5) is 14.2. The first-order valence-corrected chi connectivity index (χ1v) is 9.58. The van der Waals surface area contributed by atoms with Gasteiger partial charge in [0.1, 0.15) is 4.90 Å². The third-order valence-electron chi connectivity index (χ3n) is 3.44. The van der Waals surface area contributed by atoms with Crippen LogP contribution >= 0.6 is 22.3 Å². The van der Waals surface area contributed by atoms with Crippen LogP contribution in [0.15, 0.2) is 23.1 Å². The maximum atomic E-state index is 12.6. The zero-order chi connectivity index (χ0) is 15.6. The van der Waals surface area contributed by atoms with Crippen LogP contribution in [0.4, 0.5) is 0 Å². The maximum Gasteiger partial charge on any atom is 0.262 e. The lowest BCUT2D eigenvalue weighted by Crippen LogP contribution is -2.34. The summed E-state index contributed by atoms with van der Waals surface area (Å²) >= 11 is 5.84. The van der Waals surface area contributed by atoms with Crippen LogP contribution in [-0.2, 0) is 9.05 Å². The highest BCUT2D eigenvalue weighted by Gasteiger charge is 2.33. The molecule has 0 atom stereocenters. The van der Waals surface area contributed by atoms with Gasteiger partial charge in [0.25, 0.3) is 15.0 Å². The average Bonchev–Trinajstić information content (AvgIpc) is 3.22. The van der Waals surface area contributed by atoms with E-state index in [4.69, 9.17) is 22.3 Å². The summed E-state index contributed by atoms with van der Waals surface area (Å²) in [6.45, 7) is 2.75. The highest BCUT2D eigenvalue weighted by molar-refractivity contribution is 8.13. The van der Waals surface area contributed by atoms with Crippen molar-refractivity contribution in [2.45, 2.75) is 43.5 Å². The lowest BCUT2D eigenvalue weighted by Gasteiger charge is -2.22. The van der Waals surface area contributed by atoms with Crippen molar-refractivity contribution in [2.75, 3.05) is 6.54 Å². The van der Waals surface area contributed by atoms with Crippen LogP contribution in [0.25, 0.3) is 0 Å². The van der Waals surface area contributed by atoms with Crippen LogP contribution in [0.1, 0.15) is 43.0 Å². The van der Waals surface area contributed by atoms with E-state index in [1.165, 1.54) is 18.2 Å². The van der Waals surface area contributed by atoms with Crippen LogP contribution in [0, 0.1) is 0 Å². The molecule has 1 aromatic rings. The smallest absolute Gasteiger partial charge is 0.262 e. The average molecular weight is 350 g/mol. The number of benzene rings is 1. The second kappa shape index (κ2) is 6.55. The van der Waals surface area contributed by atoms with E-state index in [0.717, 1.165) is 25.7 Å². The van der Waals surface area contributed by atoms with E-state index in [2.05, 4.69) is 6.92 Å². The van der Waals surface area contributed by atoms with E-state index < -0.39 is 9.05 Å². The predicted octanol–water partition coefficient (Wildman–Crippen LogP) is 3.67. The molecule has 1 aliphatic rings. The van der Waals surface area contributed by atoms with Gasteiger partial charge in [0.15, 0.2) is 0 Å². The SMILES string of the molecule is CCCCN(C(=O)c1ccc(Cl)c(S(=O)(=O)Cl)c1)C1CC1. The quantitative estimate of drug-likeness (QED) is 0.736. The number of amides is 1. The highest BCUT2D eigenvalue weighted by Crippen LogP contribution is 2.30. The molecule has 21 heavy (non-hydrogen) atoms. The molecule has 116 valence electrons. The Morgan fingerprint density at radius 3 is 2.57 bits per heavy atom. The van der Waals surface area contributed by atoms with Gasteiger partial charge in [0.2, 0.25) is 0 Å². The fraction of sp³-hybridized carbons (Fsp3) is 0.500. The molecule has 0 bridgehead atoms. The number of halogens is 2. The standard InChI is InChI=1S/C14H17Cl2NO3S/c1-2-3-8-17(11-5-6-11)14(18)10-4-7-12(15)13(9-10)21(16,19)20/h4,7,9,11H,2-3,5-6,8H2,1H3. The Balaban J connectivity index is 2.29. The Kier molecular flexibility index (Phi) is 5.17. The molecule has 1 fully saturated rings. The summed E-state index contributed by atoms with van der Waals surface area (Å²) in [5.41, 5.74) is 0.307. The Bertz CT molecular complexity index is 642. The molecule has 1 amide bonds. The van der Waals surface area contributed by atoms with Gasteiger partial charge in [-0.05, 0) is 37.5 Å². The molecule has 7 heteroatoms. The van der Waals surface area contributed by atoms with E-state index in [1.807, 2.05) is 4.90 Å². The number of hydrogen-bond acceptors (Lipinski definition) is 3. The molecule has 0 N–H and O–H groups in total. The molecule has 1 aliphatic carbocycles. The normalized spacial score (nSPS) is 15.0. The molecule has 0 heterocycles. The minimum Gasteiger partial charge on any atom is -0.336 e. The maximum absolute atomic E-state index is 12.6. The van der Waals surface area contributed by atoms with Gasteiger partial charge in [0, 0.05) is 28.8 Å². The third-order valence-corrected chi connectivity index (χ3v) is 5.25. The molecular formula is C14H17Cl2NO3S. The van der Waals surface area contributed by atoms with E-state index in [0.29, 0.717) is 12.1 Å². The second-order valence-electron chi connectivity index (χ2n) is 5.17. The van der Waals surface area contributed by atoms with Crippen molar-refractivity contribution < 1.29 is 13.2 Å². The topological polar surface area (TPSA) is 54.5 Å². The molecule has 0 saturated heterocycles. The molecule has 1 saturated carbocycles. The molecule has 4 nitrogen and oxygen atoms in total. The largest absolute Gasteiger partial charge is 0.336 e. The summed E-state index contributed by atoms with van der Waals surface area (Å²) in [7, 11) is 1.37. The van der Waals surface area contributed by atoms with Crippen LogP contribution in [0.5, 0.6) is 0 Å². The van der Waals surface area contributed by atoms with Crippen molar-refractivity contribution in [2.24, 2.45) is 0 Å². The molecule has 0 aliphatic heterocycles. The fourth-order valence-corrected chi connectivity index (χ4v) is 3.65. The summed E-state index contributed by atoms with van der Waals surface area (Å²) in [6, 6.07) is 4.47. The van der Waals surface area contributed by atoms with Gasteiger partial charge >= 0.3 is 0 Å². The van der Waals surface area contributed by atoms with Gasteiger partial charge in [-0.3, -0.25) is 4.79 Å². The first kappa shape index (κ1) is 16.6. The summed E-state index contributed by atoms with van der Waals surface area (Å²) in [5.74, 6) is -0.163. The molecule has 0 radical (unpaired) electrons. The third kappa shape index (κ3) is 4.11. The molecule has 0 aromatic heterocycles. The van der Waals surface area contributed by atoms with Crippen molar-refractivity contribution in [3.8, 4) is 0 Å². The summed E-state index contributed by atoms with van der Waals surface area (Å²) in [6.07, 6.45) is 3.93. The lowest BCUT2D eigenvalue weighted by atomic mass is 10.2. The minimum atomic E-state index is -3.97. The Morgan fingerprint density at radius 2 is 2.05 bits per heavy atom. The first-order chi connectivity index (χ1) is 9.84.